The van der Waals surface area contributed by atoms with E-state index in [-0.39, 0.29) is 4.90 Å². The molecule has 0 radical (unpaired) electrons. The first-order valence-corrected chi connectivity index (χ1v) is 8.22. The molecule has 0 bridgehead atoms. The first-order chi connectivity index (χ1) is 9.38. The fourth-order valence-corrected chi connectivity index (χ4v) is 2.99. The van der Waals surface area contributed by atoms with Crippen molar-refractivity contribution in [1.82, 2.24) is 0 Å². The van der Waals surface area contributed by atoms with Crippen molar-refractivity contribution in [3.63, 3.8) is 0 Å². The number of nitrogens with one attached hydrogen (secondary N) is 1. The SMILES string of the molecule is CN(C)c1cccc(NS(=O)(=O)c2ccc(Br)cc2)c1. The van der Waals surface area contributed by atoms with Crippen LogP contribution in [0.5, 0.6) is 0 Å². The van der Waals surface area contributed by atoms with Gasteiger partial charge < -0.3 is 4.90 Å². The lowest BCUT2D eigenvalue weighted by Gasteiger charge is -2.14. The fraction of sp³-hybridized carbons (Fsp3) is 0.143. The molecule has 0 fully saturated rings. The number of hydrogen-bond acceptors (Lipinski definition) is 3. The maximum atomic E-state index is 12.3. The fourth-order valence-electron chi connectivity index (χ4n) is 1.68. The van der Waals surface area contributed by atoms with Crippen LogP contribution in [0.2, 0.25) is 0 Å². The minimum atomic E-state index is -3.56. The second kappa shape index (κ2) is 5.85. The topological polar surface area (TPSA) is 49.4 Å². The summed E-state index contributed by atoms with van der Waals surface area (Å²) in [5.74, 6) is 0. The standard InChI is InChI=1S/C14H15BrN2O2S/c1-17(2)13-5-3-4-12(10-13)16-20(18,19)14-8-6-11(15)7-9-14/h3-10,16H,1-2H3. The van der Waals surface area contributed by atoms with E-state index in [0.717, 1.165) is 10.2 Å². The van der Waals surface area contributed by atoms with Gasteiger partial charge in [0.05, 0.1) is 10.6 Å². The molecule has 0 aliphatic carbocycles. The van der Waals surface area contributed by atoms with E-state index >= 15 is 0 Å². The van der Waals surface area contributed by atoms with Crippen LogP contribution in [0, 0.1) is 0 Å². The number of anilines is 2. The highest BCUT2D eigenvalue weighted by molar-refractivity contribution is 9.10. The van der Waals surface area contributed by atoms with Crippen LogP contribution in [-0.2, 0) is 10.0 Å². The Morgan fingerprint density at radius 3 is 2.30 bits per heavy atom. The van der Waals surface area contributed by atoms with Crippen molar-refractivity contribution < 1.29 is 8.42 Å². The maximum Gasteiger partial charge on any atom is 0.261 e. The van der Waals surface area contributed by atoms with Crippen LogP contribution in [0.4, 0.5) is 11.4 Å². The van der Waals surface area contributed by atoms with Gasteiger partial charge in [-0.05, 0) is 42.5 Å². The van der Waals surface area contributed by atoms with Crippen molar-refractivity contribution in [2.75, 3.05) is 23.7 Å². The minimum absolute atomic E-state index is 0.232. The summed E-state index contributed by atoms with van der Waals surface area (Å²) in [4.78, 5) is 2.15. The number of nitrogens with zero attached hydrogens (tertiary/aromatic N) is 1. The third-order valence-corrected chi connectivity index (χ3v) is 4.66. The molecule has 0 unspecified atom stereocenters. The molecule has 106 valence electrons. The van der Waals surface area contributed by atoms with Crippen LogP contribution in [0.1, 0.15) is 0 Å². The average molecular weight is 355 g/mol. The lowest BCUT2D eigenvalue weighted by Crippen LogP contribution is -2.14. The first-order valence-electron chi connectivity index (χ1n) is 5.94. The van der Waals surface area contributed by atoms with Crippen LogP contribution in [-0.4, -0.2) is 22.5 Å². The molecule has 0 atom stereocenters. The monoisotopic (exact) mass is 354 g/mol. The third kappa shape index (κ3) is 3.52. The minimum Gasteiger partial charge on any atom is -0.378 e. The van der Waals surface area contributed by atoms with Crippen LogP contribution in [0.15, 0.2) is 57.9 Å². The molecule has 0 heterocycles. The number of hydrogen-bond donors (Lipinski definition) is 1. The van der Waals surface area contributed by atoms with Gasteiger partial charge in [-0.1, -0.05) is 22.0 Å². The Bertz CT molecular complexity index is 697. The Morgan fingerprint density at radius 2 is 1.70 bits per heavy atom. The van der Waals surface area contributed by atoms with E-state index < -0.39 is 10.0 Å². The zero-order valence-electron chi connectivity index (χ0n) is 11.2. The molecule has 2 aromatic rings. The highest BCUT2D eigenvalue weighted by atomic mass is 79.9. The van der Waals surface area contributed by atoms with Gasteiger partial charge in [0.15, 0.2) is 0 Å². The third-order valence-electron chi connectivity index (χ3n) is 2.74. The quantitative estimate of drug-likeness (QED) is 0.916. The van der Waals surface area contributed by atoms with Gasteiger partial charge in [0.25, 0.3) is 10.0 Å². The van der Waals surface area contributed by atoms with Gasteiger partial charge in [0.2, 0.25) is 0 Å². The summed E-state index contributed by atoms with van der Waals surface area (Å²) in [6.45, 7) is 0. The molecule has 20 heavy (non-hydrogen) atoms. The predicted octanol–water partition coefficient (Wildman–Crippen LogP) is 3.32. The number of sulfonamides is 1. The van der Waals surface area contributed by atoms with Crippen molar-refractivity contribution in [3.8, 4) is 0 Å². The molecule has 6 heteroatoms. The molecule has 0 amide bonds. The largest absolute Gasteiger partial charge is 0.378 e. The van der Waals surface area contributed by atoms with E-state index in [1.807, 2.05) is 31.1 Å². The van der Waals surface area contributed by atoms with Gasteiger partial charge in [-0.2, -0.15) is 0 Å². The van der Waals surface area contributed by atoms with E-state index in [2.05, 4.69) is 20.7 Å². The van der Waals surface area contributed by atoms with Crippen molar-refractivity contribution in [2.45, 2.75) is 4.90 Å². The summed E-state index contributed by atoms with van der Waals surface area (Å²) in [7, 11) is 0.248. The zero-order valence-corrected chi connectivity index (χ0v) is 13.6. The van der Waals surface area contributed by atoms with Gasteiger partial charge in [-0.3, -0.25) is 4.72 Å². The van der Waals surface area contributed by atoms with E-state index in [1.165, 1.54) is 0 Å². The van der Waals surface area contributed by atoms with Gasteiger partial charge in [0, 0.05) is 24.3 Å². The maximum absolute atomic E-state index is 12.3. The Kier molecular flexibility index (Phi) is 4.35. The summed E-state index contributed by atoms with van der Waals surface area (Å²) < 4.78 is 27.9. The molecular weight excluding hydrogens is 340 g/mol. The van der Waals surface area contributed by atoms with Crippen molar-refractivity contribution in [2.24, 2.45) is 0 Å². The average Bonchev–Trinajstić information content (AvgIpc) is 2.39. The zero-order chi connectivity index (χ0) is 14.8. The first kappa shape index (κ1) is 14.9. The summed E-state index contributed by atoms with van der Waals surface area (Å²) >= 11 is 3.28. The lowest BCUT2D eigenvalue weighted by molar-refractivity contribution is 0.601. The smallest absolute Gasteiger partial charge is 0.261 e. The van der Waals surface area contributed by atoms with Crippen LogP contribution >= 0.6 is 15.9 Å². The molecule has 0 spiro atoms. The molecule has 2 aromatic carbocycles. The summed E-state index contributed by atoms with van der Waals surface area (Å²) in [5.41, 5.74) is 1.47. The van der Waals surface area contributed by atoms with E-state index in [4.69, 9.17) is 0 Å². The summed E-state index contributed by atoms with van der Waals surface area (Å²) in [5, 5.41) is 0. The Balaban J connectivity index is 2.28. The predicted molar refractivity (Wildman–Crippen MR) is 85.7 cm³/mol. The second-order valence-electron chi connectivity index (χ2n) is 4.50. The molecule has 0 aliphatic rings. The van der Waals surface area contributed by atoms with E-state index in [1.54, 1.807) is 36.4 Å². The normalized spacial score (nSPS) is 11.2. The molecule has 1 N–H and O–H groups in total. The number of halogens is 1. The molecule has 0 saturated carbocycles. The lowest BCUT2D eigenvalue weighted by atomic mass is 10.3. The summed E-state index contributed by atoms with van der Waals surface area (Å²) in [6, 6.07) is 13.8. The van der Waals surface area contributed by atoms with Gasteiger partial charge in [-0.15, -0.1) is 0 Å². The highest BCUT2D eigenvalue weighted by Gasteiger charge is 2.14. The molecule has 0 saturated heterocycles. The van der Waals surface area contributed by atoms with Crippen molar-refractivity contribution >= 4 is 37.3 Å². The second-order valence-corrected chi connectivity index (χ2v) is 7.10. The molecule has 4 nitrogen and oxygen atoms in total. The van der Waals surface area contributed by atoms with E-state index in [9.17, 15) is 8.42 Å². The number of benzene rings is 2. The number of rotatable bonds is 4. The van der Waals surface area contributed by atoms with Gasteiger partial charge in [0.1, 0.15) is 0 Å². The molecule has 0 aromatic heterocycles. The summed E-state index contributed by atoms with van der Waals surface area (Å²) in [6.07, 6.45) is 0. The Morgan fingerprint density at radius 1 is 1.05 bits per heavy atom. The molecule has 2 rings (SSSR count). The van der Waals surface area contributed by atoms with Crippen LogP contribution < -0.4 is 9.62 Å². The Labute approximate surface area is 127 Å². The van der Waals surface area contributed by atoms with Crippen LogP contribution in [0.25, 0.3) is 0 Å². The van der Waals surface area contributed by atoms with Crippen molar-refractivity contribution in [3.05, 3.63) is 53.0 Å². The molecule has 0 aliphatic heterocycles. The highest BCUT2D eigenvalue weighted by Crippen LogP contribution is 2.21. The van der Waals surface area contributed by atoms with E-state index in [0.29, 0.717) is 5.69 Å². The Hall–Kier alpha value is -1.53. The van der Waals surface area contributed by atoms with Gasteiger partial charge >= 0.3 is 0 Å². The molecular formula is C14H15BrN2O2S. The van der Waals surface area contributed by atoms with Crippen molar-refractivity contribution in [1.29, 1.82) is 0 Å². The van der Waals surface area contributed by atoms with Crippen LogP contribution in [0.3, 0.4) is 0 Å². The van der Waals surface area contributed by atoms with Gasteiger partial charge in [-0.25, -0.2) is 8.42 Å².